The normalized spacial score (nSPS) is 15.7. The zero-order valence-electron chi connectivity index (χ0n) is 14.2. The van der Waals surface area contributed by atoms with Crippen molar-refractivity contribution in [1.82, 2.24) is 9.78 Å². The molecular weight excluding hydrogens is 406 g/mol. The molecule has 2 heterocycles. The first-order chi connectivity index (χ1) is 13.4. The summed E-state index contributed by atoms with van der Waals surface area (Å²) in [5.41, 5.74) is 1.65. The van der Waals surface area contributed by atoms with E-state index in [0.717, 1.165) is 0 Å². The average molecular weight is 419 g/mol. The summed E-state index contributed by atoms with van der Waals surface area (Å²) in [6, 6.07) is 9.63. The number of hydrogen-bond acceptors (Lipinski definition) is 3. The van der Waals surface area contributed by atoms with Gasteiger partial charge in [-0.3, -0.25) is 9.59 Å². The molecule has 4 rings (SSSR count). The Morgan fingerprint density at radius 2 is 1.96 bits per heavy atom. The number of anilines is 2. The number of carbonyl (C=O) groups is 2. The lowest BCUT2D eigenvalue weighted by atomic mass is 10.1. The van der Waals surface area contributed by atoms with Crippen molar-refractivity contribution >= 4 is 46.5 Å². The maximum Gasteiger partial charge on any atom is 0.249 e. The third kappa shape index (κ3) is 3.46. The van der Waals surface area contributed by atoms with E-state index in [0.29, 0.717) is 27.7 Å². The van der Waals surface area contributed by atoms with E-state index < -0.39 is 11.9 Å². The Hall–Kier alpha value is -2.90. The van der Waals surface area contributed by atoms with Gasteiger partial charge in [-0.2, -0.15) is 5.10 Å². The lowest BCUT2D eigenvalue weighted by Gasteiger charge is -2.24. The van der Waals surface area contributed by atoms with Crippen molar-refractivity contribution in [1.29, 1.82) is 0 Å². The van der Waals surface area contributed by atoms with Gasteiger partial charge in [0.05, 0.1) is 23.3 Å². The maximum absolute atomic E-state index is 13.2. The molecule has 0 aliphatic carbocycles. The molecule has 28 heavy (non-hydrogen) atoms. The summed E-state index contributed by atoms with van der Waals surface area (Å²) in [6.45, 7) is 0. The molecule has 0 fully saturated rings. The Labute approximate surface area is 169 Å². The summed E-state index contributed by atoms with van der Waals surface area (Å²) < 4.78 is 14.6. The SMILES string of the molecule is O=C1C[C@@H](C(=O)Nc2ccc(Cl)cc2Cl)n2ncc(-c3ccc(F)cc3)c2N1. The van der Waals surface area contributed by atoms with Gasteiger partial charge in [0.25, 0.3) is 0 Å². The van der Waals surface area contributed by atoms with Crippen LogP contribution in [-0.2, 0) is 9.59 Å². The Morgan fingerprint density at radius 3 is 2.68 bits per heavy atom. The molecule has 0 spiro atoms. The number of carbonyl (C=O) groups excluding carboxylic acids is 2. The summed E-state index contributed by atoms with van der Waals surface area (Å²) in [5, 5.41) is 10.4. The molecule has 142 valence electrons. The molecule has 0 radical (unpaired) electrons. The third-order valence-corrected chi connectivity index (χ3v) is 4.92. The van der Waals surface area contributed by atoms with E-state index in [4.69, 9.17) is 23.2 Å². The first kappa shape index (κ1) is 18.5. The lowest BCUT2D eigenvalue weighted by molar-refractivity contribution is -0.125. The van der Waals surface area contributed by atoms with E-state index in [1.165, 1.54) is 29.1 Å². The van der Waals surface area contributed by atoms with Crippen molar-refractivity contribution in [2.45, 2.75) is 12.5 Å². The van der Waals surface area contributed by atoms with Crippen LogP contribution < -0.4 is 10.6 Å². The fourth-order valence-electron chi connectivity index (χ4n) is 3.02. The highest BCUT2D eigenvalue weighted by atomic mass is 35.5. The van der Waals surface area contributed by atoms with Crippen LogP contribution in [0.2, 0.25) is 10.0 Å². The zero-order valence-corrected chi connectivity index (χ0v) is 15.8. The van der Waals surface area contributed by atoms with Crippen LogP contribution in [0.5, 0.6) is 0 Å². The van der Waals surface area contributed by atoms with Crippen LogP contribution in [0.3, 0.4) is 0 Å². The minimum Gasteiger partial charge on any atom is -0.323 e. The Kier molecular flexibility index (Phi) is 4.78. The quantitative estimate of drug-likeness (QED) is 0.656. The van der Waals surface area contributed by atoms with Crippen LogP contribution in [0.1, 0.15) is 12.5 Å². The molecule has 9 heteroatoms. The molecule has 1 aromatic heterocycles. The summed E-state index contributed by atoms with van der Waals surface area (Å²) >= 11 is 12.0. The molecule has 2 N–H and O–H groups in total. The predicted octanol–water partition coefficient (Wildman–Crippen LogP) is 4.52. The van der Waals surface area contributed by atoms with Crippen molar-refractivity contribution in [3.05, 3.63) is 64.5 Å². The molecule has 3 aromatic rings. The molecule has 2 aromatic carbocycles. The van der Waals surface area contributed by atoms with Crippen molar-refractivity contribution in [2.75, 3.05) is 10.6 Å². The first-order valence-electron chi connectivity index (χ1n) is 8.31. The third-order valence-electron chi connectivity index (χ3n) is 4.37. The molecule has 1 aliphatic heterocycles. The Balaban J connectivity index is 1.66. The summed E-state index contributed by atoms with van der Waals surface area (Å²) in [6.07, 6.45) is 1.46. The van der Waals surface area contributed by atoms with Crippen LogP contribution >= 0.6 is 23.2 Å². The van der Waals surface area contributed by atoms with E-state index in [1.54, 1.807) is 24.3 Å². The van der Waals surface area contributed by atoms with E-state index in [9.17, 15) is 14.0 Å². The molecule has 0 bridgehead atoms. The molecule has 0 saturated carbocycles. The molecule has 0 unspecified atom stereocenters. The highest BCUT2D eigenvalue weighted by Crippen LogP contribution is 2.35. The Bertz CT molecular complexity index is 1080. The van der Waals surface area contributed by atoms with Crippen LogP contribution in [0.25, 0.3) is 11.1 Å². The second-order valence-electron chi connectivity index (χ2n) is 6.24. The number of amides is 2. The fourth-order valence-corrected chi connectivity index (χ4v) is 3.48. The topological polar surface area (TPSA) is 76.0 Å². The van der Waals surface area contributed by atoms with Gasteiger partial charge in [-0.1, -0.05) is 35.3 Å². The molecule has 6 nitrogen and oxygen atoms in total. The predicted molar refractivity (Wildman–Crippen MR) is 105 cm³/mol. The molecular formula is C19H13Cl2FN4O2. The van der Waals surface area contributed by atoms with E-state index >= 15 is 0 Å². The van der Waals surface area contributed by atoms with E-state index in [1.807, 2.05) is 0 Å². The molecule has 0 saturated heterocycles. The lowest BCUT2D eigenvalue weighted by Crippen LogP contribution is -2.35. The van der Waals surface area contributed by atoms with Gasteiger partial charge in [0.1, 0.15) is 17.7 Å². The van der Waals surface area contributed by atoms with E-state index in [2.05, 4.69) is 15.7 Å². The average Bonchev–Trinajstić information content (AvgIpc) is 3.07. The smallest absolute Gasteiger partial charge is 0.249 e. The molecule has 2 amide bonds. The molecule has 1 atom stereocenters. The van der Waals surface area contributed by atoms with Gasteiger partial charge in [0.15, 0.2) is 0 Å². The van der Waals surface area contributed by atoms with Gasteiger partial charge >= 0.3 is 0 Å². The number of rotatable bonds is 3. The minimum atomic E-state index is -0.857. The second-order valence-corrected chi connectivity index (χ2v) is 7.08. The van der Waals surface area contributed by atoms with Crippen LogP contribution in [0.15, 0.2) is 48.7 Å². The number of benzene rings is 2. The van der Waals surface area contributed by atoms with Gasteiger partial charge in [-0.15, -0.1) is 0 Å². The van der Waals surface area contributed by atoms with Gasteiger partial charge in [-0.05, 0) is 35.9 Å². The number of nitrogens with zero attached hydrogens (tertiary/aromatic N) is 2. The van der Waals surface area contributed by atoms with E-state index in [-0.39, 0.29) is 23.2 Å². The van der Waals surface area contributed by atoms with Gasteiger partial charge in [0, 0.05) is 10.6 Å². The first-order valence-corrected chi connectivity index (χ1v) is 9.07. The van der Waals surface area contributed by atoms with Gasteiger partial charge < -0.3 is 10.6 Å². The van der Waals surface area contributed by atoms with Crippen molar-refractivity contribution in [3.63, 3.8) is 0 Å². The van der Waals surface area contributed by atoms with Crippen molar-refractivity contribution in [2.24, 2.45) is 0 Å². The summed E-state index contributed by atoms with van der Waals surface area (Å²) in [7, 11) is 0. The summed E-state index contributed by atoms with van der Waals surface area (Å²) in [5.74, 6) is -0.746. The van der Waals surface area contributed by atoms with Gasteiger partial charge in [0.2, 0.25) is 11.8 Å². The van der Waals surface area contributed by atoms with Crippen LogP contribution in [0.4, 0.5) is 15.9 Å². The van der Waals surface area contributed by atoms with Crippen molar-refractivity contribution in [3.8, 4) is 11.1 Å². The highest BCUT2D eigenvalue weighted by Gasteiger charge is 2.33. The van der Waals surface area contributed by atoms with Crippen LogP contribution in [0, 0.1) is 5.82 Å². The number of aromatic nitrogens is 2. The van der Waals surface area contributed by atoms with Crippen molar-refractivity contribution < 1.29 is 14.0 Å². The Morgan fingerprint density at radius 1 is 1.21 bits per heavy atom. The second kappa shape index (κ2) is 7.26. The number of nitrogens with one attached hydrogen (secondary N) is 2. The number of hydrogen-bond donors (Lipinski definition) is 2. The highest BCUT2D eigenvalue weighted by molar-refractivity contribution is 6.36. The number of fused-ring (bicyclic) bond motifs is 1. The standard InChI is InChI=1S/C19H13Cl2FN4O2/c20-11-3-6-15(14(21)7-11)24-19(28)16-8-17(27)25-18-13(9-23-26(16)18)10-1-4-12(22)5-2-10/h1-7,9,16H,8H2,(H,24,28)(H,25,27)/t16-/m0/s1. The maximum atomic E-state index is 13.2. The van der Waals surface area contributed by atoms with Crippen LogP contribution in [-0.4, -0.2) is 21.6 Å². The monoisotopic (exact) mass is 418 g/mol. The zero-order chi connectivity index (χ0) is 19.8. The molecule has 1 aliphatic rings. The fraction of sp³-hybridized carbons (Fsp3) is 0.105. The number of halogens is 3. The van der Waals surface area contributed by atoms with Gasteiger partial charge in [-0.25, -0.2) is 9.07 Å². The largest absolute Gasteiger partial charge is 0.323 e. The minimum absolute atomic E-state index is 0.0748. The summed E-state index contributed by atoms with van der Waals surface area (Å²) in [4.78, 5) is 25.0.